The zero-order valence-electron chi connectivity index (χ0n) is 10.9. The molecular formula is C13H11F3N4O. The molecule has 1 aromatic carbocycles. The average Bonchev–Trinajstić information content (AvgIpc) is 2.39. The summed E-state index contributed by atoms with van der Waals surface area (Å²) < 4.78 is 38.4. The predicted molar refractivity (Wildman–Crippen MR) is 70.6 cm³/mol. The third kappa shape index (κ3) is 3.47. The molecule has 0 radical (unpaired) electrons. The molecule has 0 bridgehead atoms. The second-order valence-corrected chi connectivity index (χ2v) is 4.31. The molecule has 2 aromatic rings. The number of nitrogens with zero attached hydrogens (tertiary/aromatic N) is 2. The van der Waals surface area contributed by atoms with Gasteiger partial charge in [-0.2, -0.15) is 13.2 Å². The summed E-state index contributed by atoms with van der Waals surface area (Å²) in [5.74, 6) is -0.644. The largest absolute Gasteiger partial charge is 0.416 e. The maximum Gasteiger partial charge on any atom is 0.416 e. The van der Waals surface area contributed by atoms with Crippen molar-refractivity contribution in [2.75, 3.05) is 11.1 Å². The van der Waals surface area contributed by atoms with Crippen LogP contribution in [0.1, 0.15) is 21.6 Å². The molecule has 0 atom stereocenters. The fraction of sp³-hybridized carbons (Fsp3) is 0.154. The zero-order valence-corrected chi connectivity index (χ0v) is 10.9. The van der Waals surface area contributed by atoms with Crippen LogP contribution < -0.4 is 11.1 Å². The van der Waals surface area contributed by atoms with Crippen LogP contribution in [0.2, 0.25) is 0 Å². The number of amides is 1. The molecule has 1 aromatic heterocycles. The van der Waals surface area contributed by atoms with E-state index in [1.807, 2.05) is 0 Å². The van der Waals surface area contributed by atoms with Crippen molar-refractivity contribution < 1.29 is 18.0 Å². The van der Waals surface area contributed by atoms with Crippen molar-refractivity contribution in [1.29, 1.82) is 0 Å². The van der Waals surface area contributed by atoms with Crippen LogP contribution >= 0.6 is 0 Å². The van der Waals surface area contributed by atoms with Crippen LogP contribution in [0.4, 0.5) is 24.7 Å². The molecule has 0 spiro atoms. The summed E-state index contributed by atoms with van der Waals surface area (Å²) in [5.41, 5.74) is 4.59. The Kier molecular flexibility index (Phi) is 3.79. The van der Waals surface area contributed by atoms with E-state index < -0.39 is 17.6 Å². The molecule has 0 fully saturated rings. The van der Waals surface area contributed by atoms with Crippen molar-refractivity contribution in [1.82, 2.24) is 9.97 Å². The van der Waals surface area contributed by atoms with E-state index in [2.05, 4.69) is 15.3 Å². The summed E-state index contributed by atoms with van der Waals surface area (Å²) >= 11 is 0. The highest BCUT2D eigenvalue weighted by atomic mass is 19.4. The molecule has 110 valence electrons. The highest BCUT2D eigenvalue weighted by Crippen LogP contribution is 2.33. The Morgan fingerprint density at radius 3 is 2.62 bits per heavy atom. The van der Waals surface area contributed by atoms with E-state index in [4.69, 9.17) is 5.73 Å². The first-order valence-electron chi connectivity index (χ1n) is 5.84. The Balaban J connectivity index is 2.26. The number of anilines is 2. The Hall–Kier alpha value is -2.64. The molecule has 21 heavy (non-hydrogen) atoms. The van der Waals surface area contributed by atoms with Gasteiger partial charge in [0.15, 0.2) is 0 Å². The number of carbonyl (C=O) groups excluding carboxylic acids is 1. The van der Waals surface area contributed by atoms with Crippen molar-refractivity contribution in [2.45, 2.75) is 13.1 Å². The van der Waals surface area contributed by atoms with Crippen LogP contribution in [0, 0.1) is 6.92 Å². The van der Waals surface area contributed by atoms with Gasteiger partial charge in [-0.25, -0.2) is 4.98 Å². The molecule has 0 saturated heterocycles. The van der Waals surface area contributed by atoms with Gasteiger partial charge in [-0.1, -0.05) is 6.07 Å². The Bertz CT molecular complexity index is 685. The van der Waals surface area contributed by atoms with E-state index >= 15 is 0 Å². The lowest BCUT2D eigenvalue weighted by Gasteiger charge is -2.12. The standard InChI is InChI=1S/C13H11F3N4O/c1-7-2-3-8(4-9(7)13(14,15)16)19-12(21)10-5-18-6-11(17)20-10/h2-6H,1H3,(H2,17,20)(H,19,21). The SMILES string of the molecule is Cc1ccc(NC(=O)c2cncc(N)n2)cc1C(F)(F)F. The third-order valence-electron chi connectivity index (χ3n) is 2.69. The van der Waals surface area contributed by atoms with Crippen LogP contribution in [0.3, 0.4) is 0 Å². The summed E-state index contributed by atoms with van der Waals surface area (Å²) in [5, 5.41) is 2.33. The molecule has 8 heteroatoms. The number of nitrogens with one attached hydrogen (secondary N) is 1. The monoisotopic (exact) mass is 296 g/mol. The Labute approximate surface area is 118 Å². The minimum atomic E-state index is -4.48. The maximum absolute atomic E-state index is 12.8. The number of hydrogen-bond donors (Lipinski definition) is 2. The van der Waals surface area contributed by atoms with Crippen molar-refractivity contribution in [3.63, 3.8) is 0 Å². The summed E-state index contributed by atoms with van der Waals surface area (Å²) in [6.45, 7) is 1.35. The molecule has 0 saturated carbocycles. The second-order valence-electron chi connectivity index (χ2n) is 4.31. The molecule has 3 N–H and O–H groups in total. The summed E-state index contributed by atoms with van der Waals surface area (Å²) in [6, 6.07) is 3.53. The van der Waals surface area contributed by atoms with Crippen molar-refractivity contribution in [2.24, 2.45) is 0 Å². The second kappa shape index (κ2) is 5.39. The van der Waals surface area contributed by atoms with Crippen LogP contribution in [0.25, 0.3) is 0 Å². The number of rotatable bonds is 2. The Morgan fingerprint density at radius 2 is 2.00 bits per heavy atom. The predicted octanol–water partition coefficient (Wildman–Crippen LogP) is 2.64. The third-order valence-corrected chi connectivity index (χ3v) is 2.69. The van der Waals surface area contributed by atoms with Crippen LogP contribution in [0.5, 0.6) is 0 Å². The maximum atomic E-state index is 12.8. The van der Waals surface area contributed by atoms with E-state index in [-0.39, 0.29) is 22.8 Å². The van der Waals surface area contributed by atoms with E-state index in [0.29, 0.717) is 0 Å². The fourth-order valence-electron chi connectivity index (χ4n) is 1.69. The number of alkyl halides is 3. The van der Waals surface area contributed by atoms with Gasteiger partial charge in [0.25, 0.3) is 5.91 Å². The number of halogens is 3. The highest BCUT2D eigenvalue weighted by Gasteiger charge is 2.32. The van der Waals surface area contributed by atoms with Crippen LogP contribution in [0.15, 0.2) is 30.6 Å². The molecule has 5 nitrogen and oxygen atoms in total. The van der Waals surface area contributed by atoms with Crippen LogP contribution in [-0.2, 0) is 6.18 Å². The van der Waals surface area contributed by atoms with Crippen molar-refractivity contribution in [3.05, 3.63) is 47.4 Å². The van der Waals surface area contributed by atoms with Crippen molar-refractivity contribution >= 4 is 17.4 Å². The van der Waals surface area contributed by atoms with E-state index in [9.17, 15) is 18.0 Å². The normalized spacial score (nSPS) is 11.2. The first-order valence-corrected chi connectivity index (χ1v) is 5.84. The molecule has 0 unspecified atom stereocenters. The van der Waals surface area contributed by atoms with Gasteiger partial charge in [0.05, 0.1) is 18.0 Å². The first-order chi connectivity index (χ1) is 9.77. The number of carbonyl (C=O) groups is 1. The molecule has 1 amide bonds. The van der Waals surface area contributed by atoms with E-state index in [1.165, 1.54) is 31.5 Å². The van der Waals surface area contributed by atoms with Gasteiger partial charge < -0.3 is 11.1 Å². The lowest BCUT2D eigenvalue weighted by Crippen LogP contribution is -2.16. The number of hydrogen-bond acceptors (Lipinski definition) is 4. The lowest BCUT2D eigenvalue weighted by atomic mass is 10.1. The topological polar surface area (TPSA) is 80.9 Å². The molecule has 1 heterocycles. The molecule has 0 aliphatic rings. The molecular weight excluding hydrogens is 285 g/mol. The number of nitrogen functional groups attached to an aromatic ring is 1. The van der Waals surface area contributed by atoms with Crippen LogP contribution in [-0.4, -0.2) is 15.9 Å². The molecule has 0 aliphatic heterocycles. The van der Waals surface area contributed by atoms with Gasteiger partial charge in [-0.3, -0.25) is 9.78 Å². The number of aromatic nitrogens is 2. The smallest absolute Gasteiger partial charge is 0.382 e. The van der Waals surface area contributed by atoms with Gasteiger partial charge in [0.2, 0.25) is 0 Å². The van der Waals surface area contributed by atoms with E-state index in [0.717, 1.165) is 6.07 Å². The quantitative estimate of drug-likeness (QED) is 0.892. The first kappa shape index (κ1) is 14.8. The van der Waals surface area contributed by atoms with Gasteiger partial charge in [0.1, 0.15) is 11.5 Å². The highest BCUT2D eigenvalue weighted by molar-refractivity contribution is 6.02. The fourth-order valence-corrected chi connectivity index (χ4v) is 1.69. The Morgan fingerprint density at radius 1 is 1.29 bits per heavy atom. The van der Waals surface area contributed by atoms with Gasteiger partial charge in [-0.05, 0) is 24.6 Å². The van der Waals surface area contributed by atoms with Gasteiger partial charge >= 0.3 is 6.18 Å². The zero-order chi connectivity index (χ0) is 15.6. The van der Waals surface area contributed by atoms with Gasteiger partial charge in [0, 0.05) is 5.69 Å². The van der Waals surface area contributed by atoms with Crippen molar-refractivity contribution in [3.8, 4) is 0 Å². The summed E-state index contributed by atoms with van der Waals surface area (Å²) in [6.07, 6.45) is -2.06. The molecule has 2 rings (SSSR count). The minimum absolute atomic E-state index is 0.0159. The molecule has 0 aliphatic carbocycles. The summed E-state index contributed by atoms with van der Waals surface area (Å²) in [4.78, 5) is 19.3. The number of aryl methyl sites for hydroxylation is 1. The van der Waals surface area contributed by atoms with Gasteiger partial charge in [-0.15, -0.1) is 0 Å². The summed E-state index contributed by atoms with van der Waals surface area (Å²) in [7, 11) is 0. The number of nitrogens with two attached hydrogens (primary N) is 1. The average molecular weight is 296 g/mol. The minimum Gasteiger partial charge on any atom is -0.382 e. The number of benzene rings is 1. The lowest BCUT2D eigenvalue weighted by molar-refractivity contribution is -0.138. The van der Waals surface area contributed by atoms with E-state index in [1.54, 1.807) is 0 Å².